The van der Waals surface area contributed by atoms with E-state index in [0.29, 0.717) is 0 Å². The van der Waals surface area contributed by atoms with Gasteiger partial charge in [0.15, 0.2) is 14.0 Å². The summed E-state index contributed by atoms with van der Waals surface area (Å²) in [6.07, 6.45) is 1.10. The number of rotatable bonds is 5. The van der Waals surface area contributed by atoms with Gasteiger partial charge in [-0.3, -0.25) is 0 Å². The fourth-order valence-corrected chi connectivity index (χ4v) is 3.60. The Morgan fingerprint density at radius 2 is 2.00 bits per heavy atom. The molecule has 0 aromatic carbocycles. The molecule has 0 aromatic rings. The molecule has 1 aliphatic rings. The topological polar surface area (TPSA) is 54.4 Å². The van der Waals surface area contributed by atoms with Gasteiger partial charge in [0.1, 0.15) is 0 Å². The van der Waals surface area contributed by atoms with E-state index in [2.05, 4.69) is 0 Å². The Hall–Kier alpha value is 0.200. The molecule has 5 heteroatoms. The fraction of sp³-hybridized carbons (Fsp3) is 1.00. The third kappa shape index (κ3) is 1.92. The van der Waals surface area contributed by atoms with Crippen LogP contribution in [-0.4, -0.2) is 29.6 Å². The third-order valence-electron chi connectivity index (χ3n) is 2.89. The van der Waals surface area contributed by atoms with Crippen LogP contribution in [0.4, 0.5) is 0 Å². The number of aliphatic hydroxyl groups excluding tert-OH is 1. The van der Waals surface area contributed by atoms with E-state index < -0.39 is 20.1 Å². The summed E-state index contributed by atoms with van der Waals surface area (Å²) in [5.41, 5.74) is 0. The van der Waals surface area contributed by atoms with E-state index >= 15 is 0 Å². The lowest BCUT2D eigenvalue weighted by molar-refractivity contribution is 0.130. The van der Waals surface area contributed by atoms with Crippen LogP contribution in [0.15, 0.2) is 0 Å². The summed E-state index contributed by atoms with van der Waals surface area (Å²) < 4.78 is 22.0. The SMILES string of the molecule is CC[C@](Cl)([C@@H](O)C1CC1)S(=O)(=O)CC. The largest absolute Gasteiger partial charge is 0.390 e. The van der Waals surface area contributed by atoms with Gasteiger partial charge in [0, 0.05) is 5.75 Å². The van der Waals surface area contributed by atoms with E-state index in [1.54, 1.807) is 13.8 Å². The van der Waals surface area contributed by atoms with Gasteiger partial charge < -0.3 is 5.11 Å². The van der Waals surface area contributed by atoms with Gasteiger partial charge in [-0.1, -0.05) is 25.4 Å². The van der Waals surface area contributed by atoms with E-state index in [9.17, 15) is 13.5 Å². The van der Waals surface area contributed by atoms with Crippen molar-refractivity contribution < 1.29 is 13.5 Å². The van der Waals surface area contributed by atoms with E-state index in [1.807, 2.05) is 0 Å². The van der Waals surface area contributed by atoms with Crippen molar-refractivity contribution in [3.8, 4) is 0 Å². The molecule has 1 rings (SSSR count). The van der Waals surface area contributed by atoms with Crippen LogP contribution < -0.4 is 0 Å². The molecule has 84 valence electrons. The Labute approximate surface area is 90.4 Å². The molecule has 2 atom stereocenters. The van der Waals surface area contributed by atoms with Gasteiger partial charge in [-0.05, 0) is 25.2 Å². The zero-order valence-electron chi connectivity index (χ0n) is 8.53. The molecular formula is C9H17ClO3S. The fourth-order valence-electron chi connectivity index (χ4n) is 1.62. The Balaban J connectivity index is 2.95. The summed E-state index contributed by atoms with van der Waals surface area (Å²) >= 11 is 6.06. The number of halogens is 1. The van der Waals surface area contributed by atoms with Crippen LogP contribution in [0.2, 0.25) is 0 Å². The first kappa shape index (κ1) is 12.3. The van der Waals surface area contributed by atoms with Gasteiger partial charge in [0.05, 0.1) is 6.10 Å². The minimum absolute atomic E-state index is 0.0197. The lowest BCUT2D eigenvalue weighted by Gasteiger charge is -2.30. The van der Waals surface area contributed by atoms with Gasteiger partial charge in [0.2, 0.25) is 0 Å². The minimum atomic E-state index is -3.40. The highest BCUT2D eigenvalue weighted by atomic mass is 35.5. The van der Waals surface area contributed by atoms with Crippen LogP contribution in [0.3, 0.4) is 0 Å². The van der Waals surface area contributed by atoms with Crippen molar-refractivity contribution in [3.05, 3.63) is 0 Å². The quantitative estimate of drug-likeness (QED) is 0.742. The molecule has 14 heavy (non-hydrogen) atoms. The Bertz CT molecular complexity index is 297. The summed E-state index contributed by atoms with van der Waals surface area (Å²) in [4.78, 5) is 0. The van der Waals surface area contributed by atoms with Gasteiger partial charge in [0.25, 0.3) is 0 Å². The smallest absolute Gasteiger partial charge is 0.172 e. The molecule has 0 spiro atoms. The summed E-state index contributed by atoms with van der Waals surface area (Å²) in [5, 5.41) is 9.86. The van der Waals surface area contributed by atoms with E-state index in [1.165, 1.54) is 0 Å². The maximum absolute atomic E-state index is 11.7. The molecule has 0 heterocycles. The monoisotopic (exact) mass is 240 g/mol. The number of sulfone groups is 1. The third-order valence-corrected chi connectivity index (χ3v) is 6.41. The second kappa shape index (κ2) is 3.99. The highest BCUT2D eigenvalue weighted by Gasteiger charge is 2.51. The Morgan fingerprint density at radius 3 is 2.29 bits per heavy atom. The number of hydrogen-bond donors (Lipinski definition) is 1. The normalized spacial score (nSPS) is 24.3. The van der Waals surface area contributed by atoms with Gasteiger partial charge in [-0.25, -0.2) is 8.42 Å². The molecule has 1 aliphatic carbocycles. The van der Waals surface area contributed by atoms with Gasteiger partial charge in [-0.2, -0.15) is 0 Å². The average Bonchev–Trinajstić information content (AvgIpc) is 2.98. The van der Waals surface area contributed by atoms with Gasteiger partial charge >= 0.3 is 0 Å². The second-order valence-corrected chi connectivity index (χ2v) is 7.26. The van der Waals surface area contributed by atoms with Crippen LogP contribution in [0.25, 0.3) is 0 Å². The second-order valence-electron chi connectivity index (χ2n) is 3.83. The molecule has 0 bridgehead atoms. The van der Waals surface area contributed by atoms with Crippen molar-refractivity contribution in [2.24, 2.45) is 5.92 Å². The lowest BCUT2D eigenvalue weighted by Crippen LogP contribution is -2.45. The molecule has 1 saturated carbocycles. The molecule has 0 unspecified atom stereocenters. The average molecular weight is 241 g/mol. The van der Waals surface area contributed by atoms with Crippen LogP contribution in [-0.2, 0) is 9.84 Å². The molecule has 0 radical (unpaired) electrons. The maximum atomic E-state index is 11.7. The zero-order valence-corrected chi connectivity index (χ0v) is 10.1. The molecule has 0 amide bonds. The molecule has 0 saturated heterocycles. The van der Waals surface area contributed by atoms with Crippen molar-refractivity contribution in [3.63, 3.8) is 0 Å². The van der Waals surface area contributed by atoms with E-state index in [-0.39, 0.29) is 18.1 Å². The van der Waals surface area contributed by atoms with Crippen molar-refractivity contribution in [2.45, 2.75) is 43.4 Å². The van der Waals surface area contributed by atoms with Crippen LogP contribution in [0.1, 0.15) is 33.1 Å². The minimum Gasteiger partial charge on any atom is -0.390 e. The summed E-state index contributed by atoms with van der Waals surface area (Å²) in [6.45, 7) is 3.26. The highest BCUT2D eigenvalue weighted by molar-refractivity contribution is 7.94. The van der Waals surface area contributed by atoms with Crippen molar-refractivity contribution in [1.82, 2.24) is 0 Å². The van der Waals surface area contributed by atoms with Crippen LogP contribution in [0, 0.1) is 5.92 Å². The van der Waals surface area contributed by atoms with Crippen molar-refractivity contribution in [1.29, 1.82) is 0 Å². The summed E-state index contributed by atoms with van der Waals surface area (Å²) in [6, 6.07) is 0. The maximum Gasteiger partial charge on any atom is 0.172 e. The molecule has 1 N–H and O–H groups in total. The van der Waals surface area contributed by atoms with E-state index in [0.717, 1.165) is 12.8 Å². The number of alkyl halides is 1. The standard InChI is InChI=1S/C9H17ClO3S/c1-3-9(10,14(12,13)4-2)8(11)7-5-6-7/h7-8,11H,3-6H2,1-2H3/t8-,9+/m0/s1. The molecule has 0 aliphatic heterocycles. The number of aliphatic hydroxyl groups is 1. The number of hydrogen-bond acceptors (Lipinski definition) is 3. The Kier molecular flexibility index (Phi) is 3.49. The highest BCUT2D eigenvalue weighted by Crippen LogP contribution is 2.44. The van der Waals surface area contributed by atoms with Gasteiger partial charge in [-0.15, -0.1) is 0 Å². The first-order valence-electron chi connectivity index (χ1n) is 4.98. The molecule has 0 aromatic heterocycles. The summed E-state index contributed by atoms with van der Waals surface area (Å²) in [5.74, 6) is 0.0578. The van der Waals surface area contributed by atoms with Crippen molar-refractivity contribution in [2.75, 3.05) is 5.75 Å². The molecular weight excluding hydrogens is 224 g/mol. The van der Waals surface area contributed by atoms with Crippen LogP contribution in [0.5, 0.6) is 0 Å². The molecule has 1 fully saturated rings. The Morgan fingerprint density at radius 1 is 1.50 bits per heavy atom. The lowest BCUT2D eigenvalue weighted by atomic mass is 10.1. The zero-order chi connectivity index (χ0) is 11.0. The van der Waals surface area contributed by atoms with Crippen molar-refractivity contribution >= 4 is 21.4 Å². The first-order chi connectivity index (χ1) is 6.39. The first-order valence-corrected chi connectivity index (χ1v) is 7.01. The molecule has 3 nitrogen and oxygen atoms in total. The summed E-state index contributed by atoms with van der Waals surface area (Å²) in [7, 11) is -3.40. The van der Waals surface area contributed by atoms with E-state index in [4.69, 9.17) is 11.6 Å². The predicted octanol–water partition coefficient (Wildman–Crippen LogP) is 1.54. The van der Waals surface area contributed by atoms with Crippen LogP contribution >= 0.6 is 11.6 Å². The predicted molar refractivity (Wildman–Crippen MR) is 57.1 cm³/mol.